The standard InChI is InChI=1S/C26H26N6O2/c27-18-23-2-1-13-32(23)25(33)20-5-3-19(4-6-20)24-11-12-28-26(30-24)29-21-7-9-22(10-8-21)31-14-16-34-17-15-31/h3-12,23H,1-2,13-17H2,(H,28,29,30)/t23-/m0/s1. The van der Waals surface area contributed by atoms with Crippen molar-refractivity contribution in [1.82, 2.24) is 14.9 Å². The second-order valence-corrected chi connectivity index (χ2v) is 8.40. The van der Waals surface area contributed by atoms with Gasteiger partial charge in [0.15, 0.2) is 0 Å². The molecular formula is C26H26N6O2. The van der Waals surface area contributed by atoms with Crippen LogP contribution in [0.3, 0.4) is 0 Å². The van der Waals surface area contributed by atoms with Crippen LogP contribution in [-0.4, -0.2) is 59.7 Å². The summed E-state index contributed by atoms with van der Waals surface area (Å²) in [7, 11) is 0. The van der Waals surface area contributed by atoms with Crippen LogP contribution in [0.2, 0.25) is 0 Å². The molecule has 1 atom stereocenters. The monoisotopic (exact) mass is 454 g/mol. The highest BCUT2D eigenvalue weighted by atomic mass is 16.5. The number of nitrogens with one attached hydrogen (secondary N) is 1. The number of hydrogen-bond acceptors (Lipinski definition) is 7. The van der Waals surface area contributed by atoms with Crippen molar-refractivity contribution in [3.8, 4) is 17.3 Å². The van der Waals surface area contributed by atoms with Gasteiger partial charge in [0.05, 0.1) is 25.0 Å². The van der Waals surface area contributed by atoms with E-state index < -0.39 is 0 Å². The summed E-state index contributed by atoms with van der Waals surface area (Å²) in [5.41, 5.74) is 4.32. The van der Waals surface area contributed by atoms with Crippen LogP contribution in [0.1, 0.15) is 23.2 Å². The molecule has 0 bridgehead atoms. The zero-order valence-electron chi connectivity index (χ0n) is 18.9. The van der Waals surface area contributed by atoms with Crippen LogP contribution < -0.4 is 10.2 Å². The number of benzene rings is 2. The fourth-order valence-electron chi connectivity index (χ4n) is 4.38. The molecule has 1 aromatic heterocycles. The van der Waals surface area contributed by atoms with Crippen molar-refractivity contribution in [2.45, 2.75) is 18.9 Å². The molecule has 2 aliphatic heterocycles. The van der Waals surface area contributed by atoms with E-state index in [0.29, 0.717) is 18.1 Å². The lowest BCUT2D eigenvalue weighted by Crippen LogP contribution is -2.36. The number of hydrogen-bond donors (Lipinski definition) is 1. The first-order chi connectivity index (χ1) is 16.7. The topological polar surface area (TPSA) is 94.4 Å². The minimum Gasteiger partial charge on any atom is -0.378 e. The molecule has 2 fully saturated rings. The number of carbonyl (C=O) groups is 1. The Morgan fingerprint density at radius 2 is 1.79 bits per heavy atom. The Balaban J connectivity index is 1.26. The average Bonchev–Trinajstić information content (AvgIpc) is 3.39. The molecule has 5 rings (SSSR count). The molecule has 1 N–H and O–H groups in total. The number of amides is 1. The molecular weight excluding hydrogens is 428 g/mol. The van der Waals surface area contributed by atoms with Gasteiger partial charge in [0, 0.05) is 48.3 Å². The van der Waals surface area contributed by atoms with Crippen LogP contribution in [0, 0.1) is 11.3 Å². The summed E-state index contributed by atoms with van der Waals surface area (Å²) in [6.45, 7) is 3.95. The minimum atomic E-state index is -0.328. The maximum atomic E-state index is 12.8. The summed E-state index contributed by atoms with van der Waals surface area (Å²) in [5.74, 6) is 0.409. The SMILES string of the molecule is N#C[C@@H]1CCCN1C(=O)c1ccc(-c2ccnc(Nc3ccc(N4CCOCC4)cc3)n2)cc1. The van der Waals surface area contributed by atoms with Crippen LogP contribution in [0.15, 0.2) is 60.8 Å². The van der Waals surface area contributed by atoms with Gasteiger partial charge in [-0.15, -0.1) is 0 Å². The highest BCUT2D eigenvalue weighted by molar-refractivity contribution is 5.95. The largest absolute Gasteiger partial charge is 0.378 e. The van der Waals surface area contributed by atoms with Gasteiger partial charge in [-0.3, -0.25) is 4.79 Å². The third kappa shape index (κ3) is 4.70. The number of anilines is 3. The number of morpholine rings is 1. The molecule has 0 radical (unpaired) electrons. The summed E-state index contributed by atoms with van der Waals surface area (Å²) in [6.07, 6.45) is 3.33. The van der Waals surface area contributed by atoms with Crippen LogP contribution in [0.4, 0.5) is 17.3 Å². The smallest absolute Gasteiger partial charge is 0.254 e. The van der Waals surface area contributed by atoms with Crippen LogP contribution in [0.5, 0.6) is 0 Å². The lowest BCUT2D eigenvalue weighted by Gasteiger charge is -2.28. The fourth-order valence-corrected chi connectivity index (χ4v) is 4.38. The number of nitrogens with zero attached hydrogens (tertiary/aromatic N) is 5. The van der Waals surface area contributed by atoms with Gasteiger partial charge in [-0.2, -0.15) is 5.26 Å². The van der Waals surface area contributed by atoms with Crippen molar-refractivity contribution in [3.63, 3.8) is 0 Å². The Bertz CT molecular complexity index is 1180. The number of rotatable bonds is 5. The Hall–Kier alpha value is -3.96. The maximum Gasteiger partial charge on any atom is 0.254 e. The molecule has 172 valence electrons. The molecule has 2 saturated heterocycles. The zero-order valence-corrected chi connectivity index (χ0v) is 18.9. The van der Waals surface area contributed by atoms with Crippen LogP contribution in [0.25, 0.3) is 11.3 Å². The highest BCUT2D eigenvalue weighted by Gasteiger charge is 2.29. The first-order valence-electron chi connectivity index (χ1n) is 11.5. The molecule has 3 heterocycles. The maximum absolute atomic E-state index is 12.8. The normalized spacial score (nSPS) is 17.9. The average molecular weight is 455 g/mol. The molecule has 1 amide bonds. The van der Waals surface area contributed by atoms with Crippen molar-refractivity contribution in [2.24, 2.45) is 0 Å². The lowest BCUT2D eigenvalue weighted by molar-refractivity contribution is 0.0765. The van der Waals surface area contributed by atoms with Crippen LogP contribution in [-0.2, 0) is 4.74 Å². The summed E-state index contributed by atoms with van der Waals surface area (Å²) >= 11 is 0. The van der Waals surface area contributed by atoms with Gasteiger partial charge >= 0.3 is 0 Å². The van der Waals surface area contributed by atoms with E-state index in [1.54, 1.807) is 23.2 Å². The lowest BCUT2D eigenvalue weighted by atomic mass is 10.1. The molecule has 2 aromatic carbocycles. The Labute approximate surface area is 198 Å². The minimum absolute atomic E-state index is 0.0961. The first-order valence-corrected chi connectivity index (χ1v) is 11.5. The predicted molar refractivity (Wildman–Crippen MR) is 130 cm³/mol. The summed E-state index contributed by atoms with van der Waals surface area (Å²) in [4.78, 5) is 25.7. The first kappa shape index (κ1) is 21.9. The molecule has 8 heteroatoms. The van der Waals surface area contributed by atoms with Crippen molar-refractivity contribution >= 4 is 23.2 Å². The van der Waals surface area contributed by atoms with E-state index in [9.17, 15) is 10.1 Å². The van der Waals surface area contributed by atoms with Gasteiger partial charge in [0.25, 0.3) is 5.91 Å². The third-order valence-electron chi connectivity index (χ3n) is 6.25. The molecule has 2 aliphatic rings. The third-order valence-corrected chi connectivity index (χ3v) is 6.25. The van der Waals surface area contributed by atoms with Crippen molar-refractivity contribution in [1.29, 1.82) is 5.26 Å². The fraction of sp³-hybridized carbons (Fsp3) is 0.308. The van der Waals surface area contributed by atoms with Gasteiger partial charge in [-0.1, -0.05) is 12.1 Å². The van der Waals surface area contributed by atoms with Crippen molar-refractivity contribution in [3.05, 3.63) is 66.4 Å². The highest BCUT2D eigenvalue weighted by Crippen LogP contribution is 2.24. The zero-order chi connectivity index (χ0) is 23.3. The quantitative estimate of drug-likeness (QED) is 0.626. The summed E-state index contributed by atoms with van der Waals surface area (Å²) in [5, 5.41) is 12.5. The number of ether oxygens (including phenoxy) is 1. The number of nitriles is 1. The van der Waals surface area contributed by atoms with Crippen molar-refractivity contribution in [2.75, 3.05) is 43.1 Å². The van der Waals surface area contributed by atoms with Gasteiger partial charge < -0.3 is 19.9 Å². The van der Waals surface area contributed by atoms with Gasteiger partial charge in [-0.05, 0) is 55.3 Å². The summed E-state index contributed by atoms with van der Waals surface area (Å²) in [6, 6.07) is 19.3. The second kappa shape index (κ2) is 9.89. The molecule has 8 nitrogen and oxygen atoms in total. The van der Waals surface area contributed by atoms with Gasteiger partial charge in [-0.25, -0.2) is 9.97 Å². The Morgan fingerprint density at radius 1 is 1.03 bits per heavy atom. The molecule has 0 aliphatic carbocycles. The second-order valence-electron chi connectivity index (χ2n) is 8.40. The van der Waals surface area contributed by atoms with E-state index in [1.165, 1.54) is 5.69 Å². The van der Waals surface area contributed by atoms with E-state index in [1.807, 2.05) is 30.3 Å². The van der Waals surface area contributed by atoms with E-state index >= 15 is 0 Å². The van der Waals surface area contributed by atoms with Crippen LogP contribution >= 0.6 is 0 Å². The van der Waals surface area contributed by atoms with E-state index in [-0.39, 0.29) is 11.9 Å². The molecule has 3 aromatic rings. The molecule has 0 spiro atoms. The molecule has 0 unspecified atom stereocenters. The number of aromatic nitrogens is 2. The number of carbonyl (C=O) groups excluding carboxylic acids is 1. The predicted octanol–water partition coefficient (Wildman–Crippen LogP) is 3.85. The van der Waals surface area contributed by atoms with E-state index in [0.717, 1.165) is 56.1 Å². The van der Waals surface area contributed by atoms with Crippen molar-refractivity contribution < 1.29 is 9.53 Å². The Morgan fingerprint density at radius 3 is 2.53 bits per heavy atom. The van der Waals surface area contributed by atoms with E-state index in [2.05, 4.69) is 38.4 Å². The van der Waals surface area contributed by atoms with E-state index in [4.69, 9.17) is 4.74 Å². The Kier molecular flexibility index (Phi) is 6.36. The summed E-state index contributed by atoms with van der Waals surface area (Å²) < 4.78 is 5.42. The number of likely N-dealkylation sites (tertiary alicyclic amines) is 1. The van der Waals surface area contributed by atoms with Gasteiger partial charge in [0.1, 0.15) is 6.04 Å². The molecule has 34 heavy (non-hydrogen) atoms. The molecule has 0 saturated carbocycles. The van der Waals surface area contributed by atoms with Gasteiger partial charge in [0.2, 0.25) is 5.95 Å².